The van der Waals surface area contributed by atoms with E-state index >= 15 is 0 Å². The number of nitrogens with one attached hydrogen (secondary N) is 1. The fourth-order valence-electron chi connectivity index (χ4n) is 1.61. The molecule has 0 radical (unpaired) electrons. The van der Waals surface area contributed by atoms with Gasteiger partial charge in [0.2, 0.25) is 0 Å². The van der Waals surface area contributed by atoms with Crippen LogP contribution in [0.3, 0.4) is 0 Å². The van der Waals surface area contributed by atoms with Crippen LogP contribution in [0.1, 0.15) is 12.8 Å². The molecule has 1 aliphatic heterocycles. The number of ether oxygens (including phenoxy) is 1. The number of hydrogen-bond acceptors (Lipinski definition) is 3. The summed E-state index contributed by atoms with van der Waals surface area (Å²) in [6.45, 7) is 0.670. The zero-order chi connectivity index (χ0) is 11.5. The third-order valence-corrected chi connectivity index (χ3v) is 3.18. The van der Waals surface area contributed by atoms with Gasteiger partial charge in [0.25, 0.3) is 5.91 Å². The number of benzene rings is 1. The van der Waals surface area contributed by atoms with Gasteiger partial charge in [0, 0.05) is 22.5 Å². The van der Waals surface area contributed by atoms with Crippen molar-refractivity contribution in [2.45, 2.75) is 18.9 Å². The van der Waals surface area contributed by atoms with Gasteiger partial charge >= 0.3 is 0 Å². The van der Waals surface area contributed by atoms with Crippen LogP contribution in [0, 0.1) is 0 Å². The van der Waals surface area contributed by atoms with E-state index in [2.05, 4.69) is 21.2 Å². The van der Waals surface area contributed by atoms with Crippen molar-refractivity contribution in [3.63, 3.8) is 0 Å². The highest BCUT2D eigenvalue weighted by Gasteiger charge is 2.23. The molecule has 1 fully saturated rings. The van der Waals surface area contributed by atoms with E-state index in [0.717, 1.165) is 23.0 Å². The lowest BCUT2D eigenvalue weighted by molar-refractivity contribution is -0.124. The molecule has 1 aromatic carbocycles. The monoisotopic (exact) mass is 284 g/mol. The molecule has 0 bridgehead atoms. The first-order valence-corrected chi connectivity index (χ1v) is 5.93. The van der Waals surface area contributed by atoms with Gasteiger partial charge in [-0.05, 0) is 47.0 Å². The van der Waals surface area contributed by atoms with Crippen LogP contribution in [-0.4, -0.2) is 18.6 Å². The molecule has 1 heterocycles. The van der Waals surface area contributed by atoms with E-state index < -0.39 is 0 Å². The molecule has 1 saturated heterocycles. The van der Waals surface area contributed by atoms with Gasteiger partial charge in [0.05, 0.1) is 0 Å². The van der Waals surface area contributed by atoms with Crippen molar-refractivity contribution >= 4 is 33.2 Å². The second-order valence-corrected chi connectivity index (χ2v) is 4.58. The van der Waals surface area contributed by atoms with Crippen LogP contribution in [0.5, 0.6) is 0 Å². The van der Waals surface area contributed by atoms with E-state index in [1.54, 1.807) is 18.2 Å². The molecular formula is C11H13BrN2O2. The first kappa shape index (κ1) is 11.4. The molecule has 16 heavy (non-hydrogen) atoms. The van der Waals surface area contributed by atoms with Gasteiger partial charge in [0.1, 0.15) is 6.10 Å². The van der Waals surface area contributed by atoms with Gasteiger partial charge < -0.3 is 15.8 Å². The van der Waals surface area contributed by atoms with Crippen molar-refractivity contribution in [2.75, 3.05) is 17.7 Å². The van der Waals surface area contributed by atoms with E-state index in [9.17, 15) is 4.79 Å². The van der Waals surface area contributed by atoms with Crippen LogP contribution in [0.4, 0.5) is 11.4 Å². The predicted octanol–water partition coefficient (Wildman–Crippen LogP) is 2.15. The highest BCUT2D eigenvalue weighted by atomic mass is 79.9. The largest absolute Gasteiger partial charge is 0.398 e. The Bertz CT molecular complexity index is 403. The third-order valence-electron chi connectivity index (χ3n) is 2.49. The number of nitrogen functional groups attached to an aromatic ring is 1. The summed E-state index contributed by atoms with van der Waals surface area (Å²) < 4.78 is 6.07. The van der Waals surface area contributed by atoms with Crippen LogP contribution in [0.2, 0.25) is 0 Å². The van der Waals surface area contributed by atoms with Crippen LogP contribution in [0.25, 0.3) is 0 Å². The van der Waals surface area contributed by atoms with Crippen molar-refractivity contribution in [2.24, 2.45) is 0 Å². The Balaban J connectivity index is 2.02. The maximum atomic E-state index is 11.7. The molecule has 2 rings (SSSR count). The van der Waals surface area contributed by atoms with Crippen LogP contribution in [-0.2, 0) is 9.53 Å². The summed E-state index contributed by atoms with van der Waals surface area (Å²) in [7, 11) is 0. The van der Waals surface area contributed by atoms with Crippen LogP contribution < -0.4 is 11.1 Å². The quantitative estimate of drug-likeness (QED) is 0.818. The molecule has 4 nitrogen and oxygen atoms in total. The summed E-state index contributed by atoms with van der Waals surface area (Å²) in [5, 5.41) is 2.80. The zero-order valence-electron chi connectivity index (χ0n) is 8.70. The lowest BCUT2D eigenvalue weighted by atomic mass is 10.2. The summed E-state index contributed by atoms with van der Waals surface area (Å²) in [6.07, 6.45) is 1.43. The smallest absolute Gasteiger partial charge is 0.253 e. The average Bonchev–Trinajstić information content (AvgIpc) is 2.77. The Hall–Kier alpha value is -1.07. The first-order chi connectivity index (χ1) is 7.66. The van der Waals surface area contributed by atoms with Crippen molar-refractivity contribution in [3.05, 3.63) is 22.7 Å². The van der Waals surface area contributed by atoms with E-state index in [1.807, 2.05) is 0 Å². The molecule has 1 unspecified atom stereocenters. The average molecular weight is 285 g/mol. The van der Waals surface area contributed by atoms with Gasteiger partial charge in [0.15, 0.2) is 0 Å². The summed E-state index contributed by atoms with van der Waals surface area (Å²) in [5.41, 5.74) is 7.03. The van der Waals surface area contributed by atoms with Crippen molar-refractivity contribution in [3.8, 4) is 0 Å². The molecule has 0 aromatic heterocycles. The van der Waals surface area contributed by atoms with Crippen molar-refractivity contribution in [1.82, 2.24) is 0 Å². The van der Waals surface area contributed by atoms with Gasteiger partial charge in [-0.25, -0.2) is 0 Å². The third kappa shape index (κ3) is 2.54. The highest BCUT2D eigenvalue weighted by Crippen LogP contribution is 2.24. The molecule has 3 N–H and O–H groups in total. The minimum absolute atomic E-state index is 0.0887. The fraction of sp³-hybridized carbons (Fsp3) is 0.364. The van der Waals surface area contributed by atoms with Gasteiger partial charge in [-0.1, -0.05) is 0 Å². The van der Waals surface area contributed by atoms with Gasteiger partial charge in [-0.15, -0.1) is 0 Å². The highest BCUT2D eigenvalue weighted by molar-refractivity contribution is 9.10. The predicted molar refractivity (Wildman–Crippen MR) is 66.2 cm³/mol. The Labute approximate surface area is 102 Å². The molecular weight excluding hydrogens is 272 g/mol. The molecule has 0 aliphatic carbocycles. The van der Waals surface area contributed by atoms with E-state index in [0.29, 0.717) is 12.3 Å². The number of carbonyl (C=O) groups is 1. The number of nitrogens with two attached hydrogens (primary N) is 1. The Morgan fingerprint density at radius 2 is 2.38 bits per heavy atom. The Morgan fingerprint density at radius 1 is 1.56 bits per heavy atom. The lowest BCUT2D eigenvalue weighted by Gasteiger charge is -2.11. The topological polar surface area (TPSA) is 64.3 Å². The summed E-state index contributed by atoms with van der Waals surface area (Å²) in [4.78, 5) is 11.7. The minimum atomic E-state index is -0.309. The first-order valence-electron chi connectivity index (χ1n) is 5.14. The molecule has 86 valence electrons. The van der Waals surface area contributed by atoms with E-state index in [4.69, 9.17) is 10.5 Å². The number of carbonyl (C=O) groups excluding carboxylic acids is 1. The van der Waals surface area contributed by atoms with Crippen molar-refractivity contribution in [1.29, 1.82) is 0 Å². The molecule has 1 aromatic rings. The van der Waals surface area contributed by atoms with E-state index in [1.165, 1.54) is 0 Å². The SMILES string of the molecule is Nc1ccc(NC(=O)C2CCCO2)cc1Br. The Kier molecular flexibility index (Phi) is 3.46. The lowest BCUT2D eigenvalue weighted by Crippen LogP contribution is -2.26. The van der Waals surface area contributed by atoms with Gasteiger partial charge in [-0.2, -0.15) is 0 Å². The number of anilines is 2. The second-order valence-electron chi connectivity index (χ2n) is 3.73. The maximum absolute atomic E-state index is 11.7. The molecule has 5 heteroatoms. The second kappa shape index (κ2) is 4.84. The molecule has 0 saturated carbocycles. The molecule has 1 aliphatic rings. The summed E-state index contributed by atoms with van der Waals surface area (Å²) >= 11 is 3.31. The fourth-order valence-corrected chi connectivity index (χ4v) is 1.99. The van der Waals surface area contributed by atoms with Crippen LogP contribution in [0.15, 0.2) is 22.7 Å². The molecule has 1 amide bonds. The number of rotatable bonds is 2. The zero-order valence-corrected chi connectivity index (χ0v) is 10.3. The molecule has 1 atom stereocenters. The Morgan fingerprint density at radius 3 is 3.00 bits per heavy atom. The summed E-state index contributed by atoms with van der Waals surface area (Å²) in [6, 6.07) is 5.30. The maximum Gasteiger partial charge on any atom is 0.253 e. The van der Waals surface area contributed by atoms with Crippen molar-refractivity contribution < 1.29 is 9.53 Å². The van der Waals surface area contributed by atoms with Gasteiger partial charge in [-0.3, -0.25) is 4.79 Å². The molecule has 0 spiro atoms. The summed E-state index contributed by atoms with van der Waals surface area (Å²) in [5.74, 6) is -0.0887. The standard InChI is InChI=1S/C11H13BrN2O2/c12-8-6-7(3-4-9(8)13)14-11(15)10-2-1-5-16-10/h3-4,6,10H,1-2,5,13H2,(H,14,15). The van der Waals surface area contributed by atoms with E-state index in [-0.39, 0.29) is 12.0 Å². The number of amides is 1. The number of hydrogen-bond donors (Lipinski definition) is 2. The van der Waals surface area contributed by atoms with Crippen LogP contribution >= 0.6 is 15.9 Å². The normalized spacial score (nSPS) is 19.7. The minimum Gasteiger partial charge on any atom is -0.398 e. The number of halogens is 1.